The highest BCUT2D eigenvalue weighted by Gasteiger charge is 2.28. The topological polar surface area (TPSA) is 110 Å². The number of sulfonamides is 1. The number of rotatable bonds is 7. The Kier molecular flexibility index (Phi) is 4.86. The van der Waals surface area contributed by atoms with E-state index < -0.39 is 16.1 Å². The van der Waals surface area contributed by atoms with Crippen LogP contribution in [0, 0.1) is 0 Å². The van der Waals surface area contributed by atoms with Gasteiger partial charge in [0.15, 0.2) is 5.03 Å². The number of aryl methyl sites for hydroxylation is 1. The lowest BCUT2D eigenvalue weighted by molar-refractivity contribution is 0.549. The molecule has 0 radical (unpaired) electrons. The standard InChI is InChI=1S/C19H21N5O3S/c1-24-11-18(20-12-24)28(26,27)23-16(13-5-3-2-4-6-13)9-15-10-17(25)22-19(21-15)14-7-8-14/h2-6,10-12,14,16,23H,7-9H2,1H3,(H,21,22,25). The van der Waals surface area contributed by atoms with Crippen LogP contribution in [0.25, 0.3) is 0 Å². The molecule has 2 heterocycles. The van der Waals surface area contributed by atoms with Crippen molar-refractivity contribution in [2.24, 2.45) is 7.05 Å². The Morgan fingerprint density at radius 1 is 1.29 bits per heavy atom. The molecule has 0 amide bonds. The predicted octanol–water partition coefficient (Wildman–Crippen LogP) is 1.64. The maximum atomic E-state index is 12.8. The maximum absolute atomic E-state index is 12.8. The van der Waals surface area contributed by atoms with Gasteiger partial charge in [-0.1, -0.05) is 30.3 Å². The molecular weight excluding hydrogens is 378 g/mol. The minimum absolute atomic E-state index is 0.0477. The number of aromatic amines is 1. The van der Waals surface area contributed by atoms with Crippen molar-refractivity contribution in [2.45, 2.75) is 36.2 Å². The third-order valence-corrected chi connectivity index (χ3v) is 6.00. The summed E-state index contributed by atoms with van der Waals surface area (Å²) in [4.78, 5) is 23.3. The van der Waals surface area contributed by atoms with Gasteiger partial charge in [-0.15, -0.1) is 0 Å². The van der Waals surface area contributed by atoms with Crippen LogP contribution in [0.4, 0.5) is 0 Å². The van der Waals surface area contributed by atoms with Gasteiger partial charge >= 0.3 is 0 Å². The minimum atomic E-state index is -3.83. The van der Waals surface area contributed by atoms with Crippen LogP contribution in [-0.4, -0.2) is 27.9 Å². The number of H-pyrrole nitrogens is 1. The highest BCUT2D eigenvalue weighted by atomic mass is 32.2. The second kappa shape index (κ2) is 7.33. The Balaban J connectivity index is 1.66. The molecule has 3 aromatic rings. The normalized spacial score (nSPS) is 15.5. The largest absolute Gasteiger partial charge is 0.339 e. The molecule has 1 aromatic carbocycles. The first-order chi connectivity index (χ1) is 13.4. The van der Waals surface area contributed by atoms with Gasteiger partial charge in [-0.3, -0.25) is 4.79 Å². The molecule has 4 rings (SSSR count). The van der Waals surface area contributed by atoms with Crippen LogP contribution < -0.4 is 10.3 Å². The van der Waals surface area contributed by atoms with Gasteiger partial charge in [-0.2, -0.15) is 0 Å². The fraction of sp³-hybridized carbons (Fsp3) is 0.316. The van der Waals surface area contributed by atoms with Crippen LogP contribution in [0.2, 0.25) is 0 Å². The lowest BCUT2D eigenvalue weighted by atomic mass is 10.0. The summed E-state index contributed by atoms with van der Waals surface area (Å²) in [5.74, 6) is 0.981. The van der Waals surface area contributed by atoms with Gasteiger partial charge in [-0.25, -0.2) is 23.1 Å². The average Bonchev–Trinajstić information content (AvgIpc) is 3.42. The Labute approximate surface area is 162 Å². The van der Waals surface area contributed by atoms with Crippen molar-refractivity contribution in [3.63, 3.8) is 0 Å². The molecule has 0 bridgehead atoms. The van der Waals surface area contributed by atoms with Crippen molar-refractivity contribution in [1.82, 2.24) is 24.2 Å². The number of aromatic nitrogens is 4. The quantitative estimate of drug-likeness (QED) is 0.628. The SMILES string of the molecule is Cn1cnc(S(=O)(=O)NC(Cc2cc(=O)[nH]c(C3CC3)n2)c2ccccc2)c1. The molecule has 0 aliphatic heterocycles. The predicted molar refractivity (Wildman–Crippen MR) is 103 cm³/mol. The molecular formula is C19H21N5O3S. The zero-order valence-electron chi connectivity index (χ0n) is 15.4. The summed E-state index contributed by atoms with van der Waals surface area (Å²) in [5, 5.41) is -0.0477. The minimum Gasteiger partial charge on any atom is -0.339 e. The first-order valence-corrected chi connectivity index (χ1v) is 10.5. The Hall–Kier alpha value is -2.78. The van der Waals surface area contributed by atoms with E-state index in [2.05, 4.69) is 19.7 Å². The van der Waals surface area contributed by atoms with E-state index in [1.807, 2.05) is 30.3 Å². The summed E-state index contributed by atoms with van der Waals surface area (Å²) in [6.07, 6.45) is 5.18. The summed E-state index contributed by atoms with van der Waals surface area (Å²) >= 11 is 0. The Morgan fingerprint density at radius 3 is 2.68 bits per heavy atom. The Morgan fingerprint density at radius 2 is 2.04 bits per heavy atom. The third-order valence-electron chi connectivity index (χ3n) is 4.65. The van der Waals surface area contributed by atoms with Crippen molar-refractivity contribution >= 4 is 10.0 Å². The highest BCUT2D eigenvalue weighted by molar-refractivity contribution is 7.89. The van der Waals surface area contributed by atoms with Crippen LogP contribution >= 0.6 is 0 Å². The van der Waals surface area contributed by atoms with Crippen LogP contribution in [0.5, 0.6) is 0 Å². The van der Waals surface area contributed by atoms with Crippen molar-refractivity contribution in [3.8, 4) is 0 Å². The first-order valence-electron chi connectivity index (χ1n) is 9.06. The molecule has 1 aliphatic carbocycles. The van der Waals surface area contributed by atoms with Crippen molar-refractivity contribution in [1.29, 1.82) is 0 Å². The highest BCUT2D eigenvalue weighted by Crippen LogP contribution is 2.37. The molecule has 28 heavy (non-hydrogen) atoms. The molecule has 2 N–H and O–H groups in total. The molecule has 9 heteroatoms. The van der Waals surface area contributed by atoms with Crippen molar-refractivity contribution in [2.75, 3.05) is 0 Å². The molecule has 8 nitrogen and oxygen atoms in total. The zero-order valence-corrected chi connectivity index (χ0v) is 16.2. The molecule has 1 unspecified atom stereocenters. The lowest BCUT2D eigenvalue weighted by Gasteiger charge is -2.18. The van der Waals surface area contributed by atoms with E-state index in [1.165, 1.54) is 18.6 Å². The van der Waals surface area contributed by atoms with E-state index in [9.17, 15) is 13.2 Å². The fourth-order valence-corrected chi connectivity index (χ4v) is 4.29. The summed E-state index contributed by atoms with van der Waals surface area (Å²) in [6, 6.07) is 10.1. The van der Waals surface area contributed by atoms with Gasteiger partial charge in [0.2, 0.25) is 0 Å². The summed E-state index contributed by atoms with van der Waals surface area (Å²) in [6.45, 7) is 0. The number of hydrogen-bond acceptors (Lipinski definition) is 5. The molecule has 1 saturated carbocycles. The molecule has 0 spiro atoms. The van der Waals surface area contributed by atoms with Crippen LogP contribution in [0.1, 0.15) is 41.9 Å². The van der Waals surface area contributed by atoms with Gasteiger partial charge in [-0.05, 0) is 18.4 Å². The van der Waals surface area contributed by atoms with Crippen LogP contribution in [0.15, 0.2) is 58.7 Å². The van der Waals surface area contributed by atoms with E-state index >= 15 is 0 Å². The number of nitrogens with zero attached hydrogens (tertiary/aromatic N) is 3. The monoisotopic (exact) mass is 399 g/mol. The van der Waals surface area contributed by atoms with Crippen LogP contribution in [0.3, 0.4) is 0 Å². The van der Waals surface area contributed by atoms with Crippen LogP contribution in [-0.2, 0) is 23.5 Å². The molecule has 1 fully saturated rings. The van der Waals surface area contributed by atoms with Gasteiger partial charge in [0.05, 0.1) is 12.4 Å². The second-order valence-corrected chi connectivity index (χ2v) is 8.72. The summed E-state index contributed by atoms with van der Waals surface area (Å²) < 4.78 is 29.9. The van der Waals surface area contributed by atoms with Gasteiger partial charge < -0.3 is 9.55 Å². The molecule has 2 aromatic heterocycles. The van der Waals surface area contributed by atoms with Gasteiger partial charge in [0, 0.05) is 37.3 Å². The summed E-state index contributed by atoms with van der Waals surface area (Å²) in [5.41, 5.74) is 1.13. The van der Waals surface area contributed by atoms with E-state index in [-0.39, 0.29) is 17.0 Å². The number of nitrogens with one attached hydrogen (secondary N) is 2. The molecule has 146 valence electrons. The number of imidazole rings is 1. The molecule has 1 aliphatic rings. The fourth-order valence-electron chi connectivity index (χ4n) is 3.08. The zero-order chi connectivity index (χ0) is 19.7. The molecule has 1 atom stereocenters. The number of benzene rings is 1. The smallest absolute Gasteiger partial charge is 0.260 e. The number of hydrogen-bond donors (Lipinski definition) is 2. The second-order valence-electron chi connectivity index (χ2n) is 7.06. The van der Waals surface area contributed by atoms with Gasteiger partial charge in [0.1, 0.15) is 5.82 Å². The van der Waals surface area contributed by atoms with Gasteiger partial charge in [0.25, 0.3) is 15.6 Å². The van der Waals surface area contributed by atoms with E-state index in [0.29, 0.717) is 17.4 Å². The van der Waals surface area contributed by atoms with Crippen molar-refractivity contribution < 1.29 is 8.42 Å². The maximum Gasteiger partial charge on any atom is 0.260 e. The third kappa shape index (κ3) is 4.20. The van der Waals surface area contributed by atoms with Crippen molar-refractivity contribution in [3.05, 3.63) is 76.4 Å². The van der Waals surface area contributed by atoms with E-state index in [0.717, 1.165) is 18.4 Å². The van der Waals surface area contributed by atoms with E-state index in [4.69, 9.17) is 0 Å². The average molecular weight is 399 g/mol. The Bertz CT molecular complexity index is 1130. The molecule has 0 saturated heterocycles. The summed E-state index contributed by atoms with van der Waals surface area (Å²) in [7, 11) is -2.12. The lowest BCUT2D eigenvalue weighted by Crippen LogP contribution is -2.31. The van der Waals surface area contributed by atoms with E-state index in [1.54, 1.807) is 11.6 Å². The first kappa shape index (κ1) is 18.6.